The number of hydrogen-bond acceptors (Lipinski definition) is 4. The van der Waals surface area contributed by atoms with Crippen molar-refractivity contribution in [1.29, 1.82) is 0 Å². The Bertz CT molecular complexity index is 1200. The van der Waals surface area contributed by atoms with Gasteiger partial charge in [-0.1, -0.05) is 24.3 Å². The van der Waals surface area contributed by atoms with Crippen LogP contribution in [-0.4, -0.2) is 38.7 Å². The van der Waals surface area contributed by atoms with E-state index in [1.807, 2.05) is 33.7 Å². The number of nitrogens with one attached hydrogen (secondary N) is 1. The van der Waals surface area contributed by atoms with Gasteiger partial charge in [-0.3, -0.25) is 14.4 Å². The van der Waals surface area contributed by atoms with Crippen molar-refractivity contribution in [2.24, 2.45) is 5.92 Å². The standard InChI is InChI=1S/C21H20N4O3/c26-19-7-3-4-14-8-13-9-15(25(14)19)12-24(11-13)20(27)10-18-16-5-1-2-6-17(16)21(28)23-22-18/h1-7,13,15H,8-12H2,(H,23,28)/t13-,15-/m0/s1. The van der Waals surface area contributed by atoms with Gasteiger partial charge < -0.3 is 9.47 Å². The third-order valence-electron chi connectivity index (χ3n) is 5.90. The highest BCUT2D eigenvalue weighted by molar-refractivity contribution is 5.88. The number of amides is 1. The summed E-state index contributed by atoms with van der Waals surface area (Å²) < 4.78 is 1.85. The molecular formula is C21H20N4O3. The molecule has 3 aromatic rings. The molecule has 4 heterocycles. The van der Waals surface area contributed by atoms with E-state index in [2.05, 4.69) is 10.2 Å². The van der Waals surface area contributed by atoms with Crippen molar-refractivity contribution in [3.8, 4) is 0 Å². The largest absolute Gasteiger partial charge is 0.340 e. The highest BCUT2D eigenvalue weighted by atomic mass is 16.2. The van der Waals surface area contributed by atoms with Crippen LogP contribution in [0.1, 0.15) is 23.9 Å². The fraction of sp³-hybridized carbons (Fsp3) is 0.333. The predicted octanol–water partition coefficient (Wildman–Crippen LogP) is 1.27. The summed E-state index contributed by atoms with van der Waals surface area (Å²) in [5.41, 5.74) is 1.39. The maximum Gasteiger partial charge on any atom is 0.272 e. The minimum absolute atomic E-state index is 0.00328. The zero-order valence-electron chi connectivity index (χ0n) is 15.3. The average Bonchev–Trinajstić information content (AvgIpc) is 2.70. The molecule has 1 amide bonds. The molecule has 1 aromatic carbocycles. The summed E-state index contributed by atoms with van der Waals surface area (Å²) in [5.74, 6) is 0.344. The van der Waals surface area contributed by atoms with E-state index in [0.29, 0.717) is 35.5 Å². The number of fused-ring (bicyclic) bond motifs is 5. The molecule has 7 heteroatoms. The number of piperidine rings is 1. The average molecular weight is 376 g/mol. The van der Waals surface area contributed by atoms with E-state index in [1.54, 1.807) is 18.2 Å². The third kappa shape index (κ3) is 2.74. The van der Waals surface area contributed by atoms with Gasteiger partial charge in [-0.2, -0.15) is 5.10 Å². The Morgan fingerprint density at radius 1 is 1.07 bits per heavy atom. The number of carbonyl (C=O) groups is 1. The first-order valence-electron chi connectivity index (χ1n) is 9.54. The van der Waals surface area contributed by atoms with Crippen LogP contribution >= 0.6 is 0 Å². The predicted molar refractivity (Wildman–Crippen MR) is 104 cm³/mol. The molecule has 0 saturated carbocycles. The van der Waals surface area contributed by atoms with Crippen molar-refractivity contribution in [2.45, 2.75) is 25.3 Å². The second kappa shape index (κ2) is 6.44. The zero-order valence-corrected chi connectivity index (χ0v) is 15.3. The first kappa shape index (κ1) is 16.9. The minimum atomic E-state index is -0.254. The van der Waals surface area contributed by atoms with Crippen LogP contribution in [0.15, 0.2) is 52.1 Å². The van der Waals surface area contributed by atoms with Gasteiger partial charge >= 0.3 is 0 Å². The number of nitrogens with zero attached hydrogens (tertiary/aromatic N) is 3. The summed E-state index contributed by atoms with van der Waals surface area (Å²) in [6.45, 7) is 1.23. The maximum absolute atomic E-state index is 13.0. The summed E-state index contributed by atoms with van der Waals surface area (Å²) in [7, 11) is 0. The highest BCUT2D eigenvalue weighted by Crippen LogP contribution is 2.33. The van der Waals surface area contributed by atoms with Crippen molar-refractivity contribution >= 4 is 16.7 Å². The van der Waals surface area contributed by atoms with Crippen molar-refractivity contribution in [1.82, 2.24) is 19.7 Å². The first-order chi connectivity index (χ1) is 13.6. The second-order valence-corrected chi connectivity index (χ2v) is 7.71. The van der Waals surface area contributed by atoms with Gasteiger partial charge in [0.2, 0.25) is 5.91 Å². The Balaban J connectivity index is 1.42. The molecule has 1 N–H and O–H groups in total. The zero-order chi connectivity index (χ0) is 19.3. The van der Waals surface area contributed by atoms with Crippen molar-refractivity contribution in [3.63, 3.8) is 0 Å². The Morgan fingerprint density at radius 2 is 1.89 bits per heavy atom. The van der Waals surface area contributed by atoms with Crippen molar-refractivity contribution in [2.75, 3.05) is 13.1 Å². The number of carbonyl (C=O) groups excluding carboxylic acids is 1. The van der Waals surface area contributed by atoms with Gasteiger partial charge in [0, 0.05) is 30.2 Å². The summed E-state index contributed by atoms with van der Waals surface area (Å²) in [6, 6.07) is 12.6. The van der Waals surface area contributed by atoms with Crippen LogP contribution in [0.3, 0.4) is 0 Å². The molecule has 2 aliphatic heterocycles. The fourth-order valence-corrected chi connectivity index (χ4v) is 4.69. The molecule has 1 fully saturated rings. The topological polar surface area (TPSA) is 88.1 Å². The molecule has 2 atom stereocenters. The molecule has 5 rings (SSSR count). The lowest BCUT2D eigenvalue weighted by molar-refractivity contribution is -0.133. The number of aromatic nitrogens is 3. The number of H-pyrrole nitrogens is 1. The molecule has 142 valence electrons. The Kier molecular flexibility index (Phi) is 3.89. The Hall–Kier alpha value is -3.22. The molecule has 0 unspecified atom stereocenters. The minimum Gasteiger partial charge on any atom is -0.340 e. The van der Waals surface area contributed by atoms with E-state index in [4.69, 9.17) is 0 Å². The van der Waals surface area contributed by atoms with E-state index in [1.165, 1.54) is 0 Å². The van der Waals surface area contributed by atoms with Crippen molar-refractivity contribution in [3.05, 3.63) is 74.6 Å². The quantitative estimate of drug-likeness (QED) is 0.730. The van der Waals surface area contributed by atoms with Crippen LogP contribution in [0.5, 0.6) is 0 Å². The molecular weight excluding hydrogens is 356 g/mol. The molecule has 7 nitrogen and oxygen atoms in total. The fourth-order valence-electron chi connectivity index (χ4n) is 4.69. The van der Waals surface area contributed by atoms with Gasteiger partial charge in [0.25, 0.3) is 11.1 Å². The number of benzene rings is 1. The number of aromatic amines is 1. The van der Waals surface area contributed by atoms with E-state index in [-0.39, 0.29) is 29.5 Å². The van der Waals surface area contributed by atoms with Crippen LogP contribution in [-0.2, 0) is 17.6 Å². The van der Waals surface area contributed by atoms with E-state index in [9.17, 15) is 14.4 Å². The molecule has 0 radical (unpaired) electrons. The smallest absolute Gasteiger partial charge is 0.272 e. The lowest BCUT2D eigenvalue weighted by atomic mass is 9.85. The maximum atomic E-state index is 13.0. The Labute approximate surface area is 160 Å². The van der Waals surface area contributed by atoms with Crippen LogP contribution in [0, 0.1) is 5.92 Å². The van der Waals surface area contributed by atoms with Crippen LogP contribution in [0.2, 0.25) is 0 Å². The van der Waals surface area contributed by atoms with Gasteiger partial charge in [0.05, 0.1) is 23.5 Å². The number of rotatable bonds is 2. The van der Waals surface area contributed by atoms with Gasteiger partial charge in [-0.15, -0.1) is 0 Å². The molecule has 0 spiro atoms. The molecule has 28 heavy (non-hydrogen) atoms. The summed E-state index contributed by atoms with van der Waals surface area (Å²) in [5, 5.41) is 7.86. The SMILES string of the molecule is O=C(Cc1n[nH]c(=O)c2ccccc12)N1C[C@H]2Cc3cccc(=O)n3[C@@H](C2)C1. The summed E-state index contributed by atoms with van der Waals surface area (Å²) in [4.78, 5) is 39.2. The molecule has 1 saturated heterocycles. The van der Waals surface area contributed by atoms with Crippen LogP contribution < -0.4 is 11.1 Å². The first-order valence-corrected chi connectivity index (χ1v) is 9.54. The number of hydrogen-bond donors (Lipinski definition) is 1. The third-order valence-corrected chi connectivity index (χ3v) is 5.90. The second-order valence-electron chi connectivity index (χ2n) is 7.71. The van der Waals surface area contributed by atoms with Crippen LogP contribution in [0.4, 0.5) is 0 Å². The highest BCUT2D eigenvalue weighted by Gasteiger charge is 2.36. The monoisotopic (exact) mass is 376 g/mol. The van der Waals surface area contributed by atoms with Crippen LogP contribution in [0.25, 0.3) is 10.8 Å². The van der Waals surface area contributed by atoms with Gasteiger partial charge in [0.15, 0.2) is 0 Å². The molecule has 0 aliphatic carbocycles. The Morgan fingerprint density at radius 3 is 2.75 bits per heavy atom. The lowest BCUT2D eigenvalue weighted by Crippen LogP contribution is -2.50. The number of pyridine rings is 1. The number of likely N-dealkylation sites (tertiary alicyclic amines) is 1. The summed E-state index contributed by atoms with van der Waals surface area (Å²) >= 11 is 0. The van der Waals surface area contributed by atoms with E-state index < -0.39 is 0 Å². The molecule has 2 aromatic heterocycles. The van der Waals surface area contributed by atoms with Gasteiger partial charge in [-0.05, 0) is 30.9 Å². The normalized spacial score (nSPS) is 20.8. The van der Waals surface area contributed by atoms with Gasteiger partial charge in [-0.25, -0.2) is 5.10 Å². The van der Waals surface area contributed by atoms with E-state index in [0.717, 1.165) is 18.5 Å². The summed E-state index contributed by atoms with van der Waals surface area (Å²) in [6.07, 6.45) is 1.88. The molecule has 2 bridgehead atoms. The lowest BCUT2D eigenvalue weighted by Gasteiger charge is -2.43. The van der Waals surface area contributed by atoms with Gasteiger partial charge in [0.1, 0.15) is 0 Å². The van der Waals surface area contributed by atoms with Crippen molar-refractivity contribution < 1.29 is 4.79 Å². The van der Waals surface area contributed by atoms with E-state index >= 15 is 0 Å². The molecule has 2 aliphatic rings.